The number of thioether (sulfide) groups is 1. The summed E-state index contributed by atoms with van der Waals surface area (Å²) in [4.78, 5) is 4.10. The Morgan fingerprint density at radius 1 is 1.45 bits per heavy atom. The summed E-state index contributed by atoms with van der Waals surface area (Å²) >= 11 is 1.32. The number of nitrogens with one attached hydrogen (secondary N) is 1. The zero-order valence-corrected chi connectivity index (χ0v) is 12.7. The van der Waals surface area contributed by atoms with Crippen LogP contribution in [0.2, 0.25) is 0 Å². The maximum Gasteiger partial charge on any atom is 0.156 e. The van der Waals surface area contributed by atoms with Crippen LogP contribution in [0.25, 0.3) is 0 Å². The van der Waals surface area contributed by atoms with Crippen LogP contribution in [0.4, 0.5) is 0 Å². The predicted molar refractivity (Wildman–Crippen MR) is 80.7 cm³/mol. The largest absolute Gasteiger partial charge is 0.390 e. The van der Waals surface area contributed by atoms with E-state index in [0.29, 0.717) is 30.7 Å². The van der Waals surface area contributed by atoms with Gasteiger partial charge in [0.1, 0.15) is 11.5 Å². The molecule has 2 rings (SSSR count). The smallest absolute Gasteiger partial charge is 0.156 e. The Labute approximate surface area is 124 Å². The van der Waals surface area contributed by atoms with Gasteiger partial charge in [-0.2, -0.15) is 0 Å². The van der Waals surface area contributed by atoms with Crippen molar-refractivity contribution in [3.8, 4) is 0 Å². The molecule has 2 unspecified atom stereocenters. The van der Waals surface area contributed by atoms with Crippen molar-refractivity contribution in [2.75, 3.05) is 13.1 Å². The number of nitrogens with zero attached hydrogens (tertiary/aromatic N) is 1. The Bertz CT molecular complexity index is 339. The number of nitrogens with two attached hydrogens (primary N) is 1. The third-order valence-electron chi connectivity index (χ3n) is 3.81. The van der Waals surface area contributed by atoms with E-state index in [4.69, 9.17) is 10.5 Å². The number of hydrogen-bond donors (Lipinski definition) is 4. The lowest BCUT2D eigenvalue weighted by Crippen LogP contribution is -2.53. The lowest BCUT2D eigenvalue weighted by molar-refractivity contribution is -0.143. The van der Waals surface area contributed by atoms with Gasteiger partial charge in [-0.1, -0.05) is 18.2 Å². The molecule has 0 radical (unpaired) electrons. The molecule has 1 aliphatic heterocycles. The summed E-state index contributed by atoms with van der Waals surface area (Å²) in [7, 11) is 0. The number of ether oxygens (including phenoxy) is 1. The molecule has 6 nitrogen and oxygen atoms in total. The highest BCUT2D eigenvalue weighted by Gasteiger charge is 2.37. The van der Waals surface area contributed by atoms with Gasteiger partial charge in [0.05, 0.1) is 12.2 Å². The lowest BCUT2D eigenvalue weighted by Gasteiger charge is -2.38. The summed E-state index contributed by atoms with van der Waals surface area (Å²) in [6.07, 6.45) is 1.97. The molecule has 116 valence electrons. The van der Waals surface area contributed by atoms with Gasteiger partial charge in [0, 0.05) is 25.6 Å². The van der Waals surface area contributed by atoms with Crippen LogP contribution in [0, 0.1) is 0 Å². The van der Waals surface area contributed by atoms with E-state index in [1.54, 1.807) is 0 Å². The molecule has 0 amide bonds. The molecule has 20 heavy (non-hydrogen) atoms. The fraction of sp³-hybridized carbons (Fsp3) is 0.923. The van der Waals surface area contributed by atoms with Crippen LogP contribution in [0.3, 0.4) is 0 Å². The molecule has 1 saturated carbocycles. The molecule has 0 bridgehead atoms. The number of amidine groups is 1. The molecule has 0 aromatic heterocycles. The van der Waals surface area contributed by atoms with E-state index in [1.165, 1.54) is 31.0 Å². The molecule has 0 spiro atoms. The highest BCUT2D eigenvalue weighted by molar-refractivity contribution is 8.14. The van der Waals surface area contributed by atoms with Crippen molar-refractivity contribution in [1.29, 1.82) is 0 Å². The summed E-state index contributed by atoms with van der Waals surface area (Å²) in [5.41, 5.74) is 5.51. The van der Waals surface area contributed by atoms with Gasteiger partial charge < -0.3 is 26.0 Å². The van der Waals surface area contributed by atoms with Crippen LogP contribution in [0.1, 0.15) is 32.6 Å². The number of rotatable bonds is 5. The molecule has 7 heteroatoms. The van der Waals surface area contributed by atoms with Gasteiger partial charge in [0.25, 0.3) is 0 Å². The van der Waals surface area contributed by atoms with Gasteiger partial charge >= 0.3 is 0 Å². The van der Waals surface area contributed by atoms with Crippen LogP contribution >= 0.6 is 11.8 Å². The summed E-state index contributed by atoms with van der Waals surface area (Å²) < 4.78 is 5.83. The second kappa shape index (κ2) is 7.61. The summed E-state index contributed by atoms with van der Waals surface area (Å²) in [5.74, 6) is 0. The first kappa shape index (κ1) is 16.0. The van der Waals surface area contributed by atoms with Crippen molar-refractivity contribution in [2.45, 2.75) is 62.4 Å². The highest BCUT2D eigenvalue weighted by Crippen LogP contribution is 2.28. The zero-order chi connectivity index (χ0) is 14.5. The van der Waals surface area contributed by atoms with E-state index >= 15 is 0 Å². The fourth-order valence-corrected chi connectivity index (χ4v) is 3.35. The molecule has 0 aromatic rings. The molecular formula is C13H25N3O3S. The van der Waals surface area contributed by atoms with Crippen molar-refractivity contribution in [2.24, 2.45) is 10.7 Å². The lowest BCUT2D eigenvalue weighted by atomic mass is 9.92. The maximum absolute atomic E-state index is 10.0. The molecule has 2 aliphatic rings. The molecule has 5 N–H and O–H groups in total. The van der Waals surface area contributed by atoms with Crippen molar-refractivity contribution < 1.29 is 14.9 Å². The van der Waals surface area contributed by atoms with Crippen LogP contribution in [-0.4, -0.2) is 58.3 Å². The van der Waals surface area contributed by atoms with E-state index in [0.717, 1.165) is 0 Å². The summed E-state index contributed by atoms with van der Waals surface area (Å²) in [5, 5.41) is 23.8. The second-order valence-electron chi connectivity index (χ2n) is 5.36. The molecule has 2 fully saturated rings. The van der Waals surface area contributed by atoms with Gasteiger partial charge in [-0.15, -0.1) is 0 Å². The Hall–Kier alpha value is -0.340. The topological polar surface area (TPSA) is 100 Å². The van der Waals surface area contributed by atoms with E-state index in [-0.39, 0.29) is 5.44 Å². The Kier molecular flexibility index (Phi) is 6.10. The van der Waals surface area contributed by atoms with Gasteiger partial charge in [-0.25, -0.2) is 0 Å². The molecule has 1 heterocycles. The number of aliphatic hydroxyl groups is 2. The molecule has 1 saturated heterocycles. The predicted octanol–water partition coefficient (Wildman–Crippen LogP) is 0.0331. The van der Waals surface area contributed by atoms with Crippen molar-refractivity contribution >= 4 is 16.9 Å². The summed E-state index contributed by atoms with van der Waals surface area (Å²) in [6.45, 7) is 3.10. The minimum Gasteiger partial charge on any atom is -0.390 e. The monoisotopic (exact) mass is 303 g/mol. The third-order valence-corrected chi connectivity index (χ3v) is 4.75. The molecule has 1 aliphatic carbocycles. The minimum absolute atomic E-state index is 0.253. The average Bonchev–Trinajstić information content (AvgIpc) is 2.33. The number of aliphatic hydroxyl groups excluding tert-OH is 2. The first-order chi connectivity index (χ1) is 9.60. The van der Waals surface area contributed by atoms with Crippen molar-refractivity contribution in [1.82, 2.24) is 5.32 Å². The maximum atomic E-state index is 10.0. The van der Waals surface area contributed by atoms with E-state index in [2.05, 4.69) is 10.3 Å². The van der Waals surface area contributed by atoms with Gasteiger partial charge in [0.15, 0.2) is 5.17 Å². The minimum atomic E-state index is -0.844. The van der Waals surface area contributed by atoms with Crippen LogP contribution < -0.4 is 11.1 Å². The van der Waals surface area contributed by atoms with E-state index in [1.807, 2.05) is 6.92 Å². The van der Waals surface area contributed by atoms with E-state index in [9.17, 15) is 10.2 Å². The quantitative estimate of drug-likeness (QED) is 0.422. The van der Waals surface area contributed by atoms with E-state index < -0.39 is 18.3 Å². The van der Waals surface area contributed by atoms with Crippen LogP contribution in [-0.2, 0) is 4.74 Å². The fourth-order valence-electron chi connectivity index (χ4n) is 2.38. The number of hydrogen-bond acceptors (Lipinski definition) is 6. The van der Waals surface area contributed by atoms with Crippen molar-refractivity contribution in [3.63, 3.8) is 0 Å². The van der Waals surface area contributed by atoms with Crippen molar-refractivity contribution in [3.05, 3.63) is 0 Å². The first-order valence-corrected chi connectivity index (χ1v) is 8.19. The molecule has 4 atom stereocenters. The first-order valence-electron chi connectivity index (χ1n) is 7.31. The van der Waals surface area contributed by atoms with Crippen LogP contribution in [0.15, 0.2) is 4.99 Å². The Morgan fingerprint density at radius 3 is 2.80 bits per heavy atom. The number of aliphatic imine (C=N–C) groups is 1. The second-order valence-corrected chi connectivity index (χ2v) is 6.54. The van der Waals surface area contributed by atoms with Crippen LogP contribution in [0.5, 0.6) is 0 Å². The average molecular weight is 303 g/mol. The molecule has 0 aromatic carbocycles. The van der Waals surface area contributed by atoms with Gasteiger partial charge in [0.2, 0.25) is 0 Å². The summed E-state index contributed by atoms with van der Waals surface area (Å²) in [6, 6.07) is 0.530. The highest BCUT2D eigenvalue weighted by atomic mass is 32.2. The normalized spacial score (nSPS) is 35.9. The zero-order valence-electron chi connectivity index (χ0n) is 11.9. The molecular weight excluding hydrogens is 278 g/mol. The Morgan fingerprint density at radius 2 is 2.20 bits per heavy atom. The van der Waals surface area contributed by atoms with Gasteiger partial charge in [-0.05, 0) is 19.8 Å². The Balaban J connectivity index is 1.84. The van der Waals surface area contributed by atoms with Gasteiger partial charge in [-0.3, -0.25) is 4.99 Å². The third kappa shape index (κ3) is 4.33. The SMILES string of the molecule is CCN=C(N)S[C@@H]1CC(O)[C@H](O)C(CNC2CCC2)O1. The standard InChI is InChI=1S/C13H25N3O3S/c1-2-15-13(14)20-11-6-9(17)12(18)10(19-11)7-16-8-4-3-5-8/h8-12,16-18H,2-7H2,1H3,(H2,14,15)/t9?,10?,11-,12+/m1/s1.